The number of aliphatic carboxylic acids is 1. The second-order valence-electron chi connectivity index (χ2n) is 5.71. The number of methoxy groups -OCH3 is 1. The average Bonchev–Trinajstić information content (AvgIpc) is 2.46. The van der Waals surface area contributed by atoms with Gasteiger partial charge in [0.25, 0.3) is 5.91 Å². The quantitative estimate of drug-likeness (QED) is 0.893. The van der Waals surface area contributed by atoms with Gasteiger partial charge >= 0.3 is 5.97 Å². The lowest BCUT2D eigenvalue weighted by molar-refractivity contribution is -0.145. The predicted molar refractivity (Wildman–Crippen MR) is 78.5 cm³/mol. The SMILES string of the molecule is COc1ccccc1C(=O)NC1(C)CCCCC1C(=O)O. The molecule has 1 saturated carbocycles. The lowest BCUT2D eigenvalue weighted by Gasteiger charge is -2.39. The van der Waals surface area contributed by atoms with Gasteiger partial charge in [-0.3, -0.25) is 9.59 Å². The van der Waals surface area contributed by atoms with Crippen molar-refractivity contribution in [3.8, 4) is 5.75 Å². The van der Waals surface area contributed by atoms with Gasteiger partial charge in [-0.25, -0.2) is 0 Å². The Bertz CT molecular complexity index is 543. The average molecular weight is 291 g/mol. The van der Waals surface area contributed by atoms with E-state index in [4.69, 9.17) is 4.74 Å². The Morgan fingerprint density at radius 3 is 2.71 bits per heavy atom. The molecule has 0 heterocycles. The van der Waals surface area contributed by atoms with Crippen molar-refractivity contribution in [3.63, 3.8) is 0 Å². The zero-order chi connectivity index (χ0) is 15.5. The number of benzene rings is 1. The van der Waals surface area contributed by atoms with Crippen LogP contribution in [0.1, 0.15) is 43.0 Å². The summed E-state index contributed by atoms with van der Waals surface area (Å²) < 4.78 is 5.19. The molecule has 5 heteroatoms. The molecule has 2 rings (SSSR count). The van der Waals surface area contributed by atoms with E-state index < -0.39 is 17.4 Å². The van der Waals surface area contributed by atoms with E-state index in [9.17, 15) is 14.7 Å². The number of ether oxygens (including phenoxy) is 1. The van der Waals surface area contributed by atoms with Gasteiger partial charge in [0, 0.05) is 0 Å². The summed E-state index contributed by atoms with van der Waals surface area (Å²) in [6.07, 6.45) is 3.08. The van der Waals surface area contributed by atoms with E-state index >= 15 is 0 Å². The van der Waals surface area contributed by atoms with Gasteiger partial charge in [0.05, 0.1) is 24.1 Å². The first-order valence-electron chi connectivity index (χ1n) is 7.16. The molecule has 1 aliphatic rings. The van der Waals surface area contributed by atoms with Crippen LogP contribution in [-0.4, -0.2) is 29.6 Å². The molecule has 1 aromatic carbocycles. The number of nitrogens with one attached hydrogen (secondary N) is 1. The third-order valence-electron chi connectivity index (χ3n) is 4.26. The third-order valence-corrected chi connectivity index (χ3v) is 4.26. The normalized spacial score (nSPS) is 25.1. The fourth-order valence-electron chi connectivity index (χ4n) is 3.04. The van der Waals surface area contributed by atoms with Gasteiger partial charge < -0.3 is 15.2 Å². The van der Waals surface area contributed by atoms with Crippen LogP contribution in [0, 0.1) is 5.92 Å². The molecule has 21 heavy (non-hydrogen) atoms. The van der Waals surface area contributed by atoms with E-state index in [2.05, 4.69) is 5.32 Å². The molecule has 0 spiro atoms. The van der Waals surface area contributed by atoms with Crippen molar-refractivity contribution in [3.05, 3.63) is 29.8 Å². The first-order chi connectivity index (χ1) is 9.98. The molecule has 0 radical (unpaired) electrons. The van der Waals surface area contributed by atoms with Gasteiger partial charge in [0.2, 0.25) is 0 Å². The molecule has 114 valence electrons. The number of hydrogen-bond donors (Lipinski definition) is 2. The van der Waals surface area contributed by atoms with Crippen LogP contribution in [-0.2, 0) is 4.79 Å². The van der Waals surface area contributed by atoms with Crippen LogP contribution < -0.4 is 10.1 Å². The highest BCUT2D eigenvalue weighted by molar-refractivity contribution is 5.97. The zero-order valence-electron chi connectivity index (χ0n) is 12.4. The standard InChI is InChI=1S/C16H21NO4/c1-16(10-6-5-8-12(16)15(19)20)17-14(18)11-7-3-4-9-13(11)21-2/h3-4,7,9,12H,5-6,8,10H2,1-2H3,(H,17,18)(H,19,20). The van der Waals surface area contributed by atoms with Gasteiger partial charge in [0.1, 0.15) is 5.75 Å². The van der Waals surface area contributed by atoms with Crippen molar-refractivity contribution in [2.75, 3.05) is 7.11 Å². The van der Waals surface area contributed by atoms with Gasteiger partial charge in [-0.2, -0.15) is 0 Å². The summed E-state index contributed by atoms with van der Waals surface area (Å²) in [4.78, 5) is 23.9. The van der Waals surface area contributed by atoms with E-state index in [1.165, 1.54) is 7.11 Å². The lowest BCUT2D eigenvalue weighted by Crippen LogP contribution is -2.55. The minimum absolute atomic E-state index is 0.289. The first kappa shape index (κ1) is 15.4. The summed E-state index contributed by atoms with van der Waals surface area (Å²) in [7, 11) is 1.51. The van der Waals surface area contributed by atoms with Crippen molar-refractivity contribution in [2.24, 2.45) is 5.92 Å². The van der Waals surface area contributed by atoms with Crippen LogP contribution in [0.15, 0.2) is 24.3 Å². The molecule has 0 bridgehead atoms. The summed E-state index contributed by atoms with van der Waals surface area (Å²) in [6, 6.07) is 6.94. The minimum Gasteiger partial charge on any atom is -0.496 e. The maximum atomic E-state index is 12.5. The number of carbonyl (C=O) groups excluding carboxylic acids is 1. The maximum absolute atomic E-state index is 12.5. The highest BCUT2D eigenvalue weighted by Crippen LogP contribution is 2.34. The Morgan fingerprint density at radius 1 is 1.33 bits per heavy atom. The highest BCUT2D eigenvalue weighted by Gasteiger charge is 2.42. The van der Waals surface area contributed by atoms with Gasteiger partial charge in [0.15, 0.2) is 0 Å². The number of carboxylic acids is 1. The second kappa shape index (κ2) is 6.16. The Balaban J connectivity index is 2.22. The maximum Gasteiger partial charge on any atom is 0.308 e. The molecular formula is C16H21NO4. The smallest absolute Gasteiger partial charge is 0.308 e. The minimum atomic E-state index is -0.850. The van der Waals surface area contributed by atoms with Crippen LogP contribution in [0.2, 0.25) is 0 Å². The number of amides is 1. The van der Waals surface area contributed by atoms with Crippen molar-refractivity contribution in [1.82, 2.24) is 5.32 Å². The Hall–Kier alpha value is -2.04. The Labute approximate surface area is 124 Å². The topological polar surface area (TPSA) is 75.6 Å². The fraction of sp³-hybridized carbons (Fsp3) is 0.500. The summed E-state index contributed by atoms with van der Waals surface area (Å²) in [5, 5.41) is 12.3. The molecule has 1 amide bonds. The van der Waals surface area contributed by atoms with Crippen LogP contribution in [0.5, 0.6) is 5.75 Å². The van der Waals surface area contributed by atoms with E-state index in [0.717, 1.165) is 12.8 Å². The summed E-state index contributed by atoms with van der Waals surface area (Å²) in [6.45, 7) is 1.82. The summed E-state index contributed by atoms with van der Waals surface area (Å²) in [5.41, 5.74) is -0.293. The van der Waals surface area contributed by atoms with Gasteiger partial charge in [-0.15, -0.1) is 0 Å². The third kappa shape index (κ3) is 3.17. The van der Waals surface area contributed by atoms with Crippen molar-refractivity contribution in [2.45, 2.75) is 38.1 Å². The highest BCUT2D eigenvalue weighted by atomic mass is 16.5. The zero-order valence-corrected chi connectivity index (χ0v) is 12.4. The van der Waals surface area contributed by atoms with Crippen molar-refractivity contribution < 1.29 is 19.4 Å². The number of hydrogen-bond acceptors (Lipinski definition) is 3. The lowest BCUT2D eigenvalue weighted by atomic mass is 9.73. The molecule has 1 aromatic rings. The number of carboxylic acid groups (broad SMARTS) is 1. The molecule has 0 aliphatic heterocycles. The molecule has 1 aliphatic carbocycles. The molecule has 1 fully saturated rings. The number of para-hydroxylation sites is 1. The van der Waals surface area contributed by atoms with E-state index in [1.807, 2.05) is 6.92 Å². The van der Waals surface area contributed by atoms with Crippen LogP contribution >= 0.6 is 0 Å². The van der Waals surface area contributed by atoms with Crippen LogP contribution in [0.25, 0.3) is 0 Å². The molecule has 0 saturated heterocycles. The van der Waals surface area contributed by atoms with E-state index in [1.54, 1.807) is 24.3 Å². The predicted octanol–water partition coefficient (Wildman–Crippen LogP) is 2.46. The van der Waals surface area contributed by atoms with Crippen molar-refractivity contribution >= 4 is 11.9 Å². The van der Waals surface area contributed by atoms with Crippen LogP contribution in [0.4, 0.5) is 0 Å². The molecular weight excluding hydrogens is 270 g/mol. The number of carbonyl (C=O) groups is 2. The van der Waals surface area contributed by atoms with Crippen LogP contribution in [0.3, 0.4) is 0 Å². The fourth-order valence-corrected chi connectivity index (χ4v) is 3.04. The molecule has 2 atom stereocenters. The summed E-state index contributed by atoms with van der Waals surface area (Å²) >= 11 is 0. The Morgan fingerprint density at radius 2 is 2.05 bits per heavy atom. The Kier molecular flexibility index (Phi) is 4.50. The molecule has 5 nitrogen and oxygen atoms in total. The molecule has 0 aromatic heterocycles. The number of rotatable bonds is 4. The van der Waals surface area contributed by atoms with Gasteiger partial charge in [-0.05, 0) is 31.9 Å². The van der Waals surface area contributed by atoms with Gasteiger partial charge in [-0.1, -0.05) is 25.0 Å². The second-order valence-corrected chi connectivity index (χ2v) is 5.71. The van der Waals surface area contributed by atoms with E-state index in [-0.39, 0.29) is 5.91 Å². The molecule has 2 N–H and O–H groups in total. The molecule has 2 unspecified atom stereocenters. The first-order valence-corrected chi connectivity index (χ1v) is 7.16. The largest absolute Gasteiger partial charge is 0.496 e. The summed E-state index contributed by atoms with van der Waals surface area (Å²) in [5.74, 6) is -1.20. The monoisotopic (exact) mass is 291 g/mol. The van der Waals surface area contributed by atoms with E-state index in [0.29, 0.717) is 24.2 Å². The van der Waals surface area contributed by atoms with Crippen molar-refractivity contribution in [1.29, 1.82) is 0 Å².